The van der Waals surface area contributed by atoms with E-state index < -0.39 is 41.1 Å². The van der Waals surface area contributed by atoms with Crippen LogP contribution in [0.5, 0.6) is 0 Å². The second-order valence-electron chi connectivity index (χ2n) is 12.5. The van der Waals surface area contributed by atoms with Crippen LogP contribution in [0.4, 0.5) is 10.5 Å². The van der Waals surface area contributed by atoms with Crippen molar-refractivity contribution in [3.05, 3.63) is 100 Å². The van der Waals surface area contributed by atoms with E-state index in [9.17, 15) is 14.4 Å². The molecule has 0 aromatic heterocycles. The van der Waals surface area contributed by atoms with Crippen molar-refractivity contribution in [3.63, 3.8) is 0 Å². The zero-order chi connectivity index (χ0) is 31.2. The largest absolute Gasteiger partial charge is 0.444 e. The minimum Gasteiger partial charge on any atom is -0.444 e. The first kappa shape index (κ1) is 32.7. The van der Waals surface area contributed by atoms with Gasteiger partial charge in [-0.15, -0.1) is 0 Å². The molecule has 0 bridgehead atoms. The van der Waals surface area contributed by atoms with Crippen LogP contribution >= 0.6 is 11.6 Å². The topological polar surface area (TPSA) is 87.7 Å². The van der Waals surface area contributed by atoms with E-state index in [0.29, 0.717) is 16.3 Å². The quantitative estimate of drug-likeness (QED) is 0.286. The van der Waals surface area contributed by atoms with E-state index in [1.54, 1.807) is 31.7 Å². The number of aryl methyl sites for hydroxylation is 2. The fourth-order valence-corrected chi connectivity index (χ4v) is 5.02. The molecule has 2 atom stereocenters. The van der Waals surface area contributed by atoms with Gasteiger partial charge in [0.15, 0.2) is 0 Å². The van der Waals surface area contributed by atoms with E-state index in [-0.39, 0.29) is 6.42 Å². The average Bonchev–Trinajstić information content (AvgIpc) is 2.87. The van der Waals surface area contributed by atoms with Gasteiger partial charge < -0.3 is 20.3 Å². The van der Waals surface area contributed by atoms with Gasteiger partial charge in [-0.1, -0.05) is 83.9 Å². The maximum atomic E-state index is 14.6. The van der Waals surface area contributed by atoms with E-state index >= 15 is 0 Å². The summed E-state index contributed by atoms with van der Waals surface area (Å²) >= 11 is 6.48. The van der Waals surface area contributed by atoms with Crippen molar-refractivity contribution in [1.82, 2.24) is 10.2 Å². The van der Waals surface area contributed by atoms with Gasteiger partial charge in [0.05, 0.1) is 10.7 Å². The first-order chi connectivity index (χ1) is 19.6. The standard InChI is InChI=1S/C34H42ClN3O4/c1-22-14-12-18-25(20-22)29(30(39)37-28-23(2)15-13-19-26(28)35)38(33(3,4)5)31(40)27(21-24-16-10-9-11-17-24)36-32(41)42-34(6,7)8/h9-20,27,29H,21H2,1-8H3,(H,36,41)(H,37,39). The predicted molar refractivity (Wildman–Crippen MR) is 169 cm³/mol. The average molecular weight is 592 g/mol. The van der Waals surface area contributed by atoms with Crippen LogP contribution in [0.1, 0.15) is 69.8 Å². The number of carbonyl (C=O) groups is 3. The van der Waals surface area contributed by atoms with Gasteiger partial charge in [-0.05, 0) is 78.1 Å². The summed E-state index contributed by atoms with van der Waals surface area (Å²) in [6, 6.07) is 20.3. The lowest BCUT2D eigenvalue weighted by Gasteiger charge is -2.43. The Labute approximate surface area is 254 Å². The predicted octanol–water partition coefficient (Wildman–Crippen LogP) is 7.40. The SMILES string of the molecule is Cc1cccc(C(C(=O)Nc2c(C)cccc2Cl)N(C(=O)C(Cc2ccccc2)NC(=O)OC(C)(C)C)C(C)(C)C)c1. The zero-order valence-corrected chi connectivity index (χ0v) is 26.5. The number of amides is 3. The number of nitrogens with zero attached hydrogens (tertiary/aromatic N) is 1. The Kier molecular flexibility index (Phi) is 10.4. The summed E-state index contributed by atoms with van der Waals surface area (Å²) in [4.78, 5) is 43.4. The molecule has 224 valence electrons. The lowest BCUT2D eigenvalue weighted by molar-refractivity contribution is -0.146. The lowest BCUT2D eigenvalue weighted by Crippen LogP contribution is -2.58. The highest BCUT2D eigenvalue weighted by atomic mass is 35.5. The van der Waals surface area contributed by atoms with Crippen LogP contribution in [0, 0.1) is 13.8 Å². The number of halogens is 1. The van der Waals surface area contributed by atoms with Gasteiger partial charge in [0, 0.05) is 12.0 Å². The van der Waals surface area contributed by atoms with E-state index in [2.05, 4.69) is 10.6 Å². The summed E-state index contributed by atoms with van der Waals surface area (Å²) in [6.07, 6.45) is -0.508. The monoisotopic (exact) mass is 591 g/mol. The van der Waals surface area contributed by atoms with Crippen LogP contribution in [0.2, 0.25) is 5.02 Å². The van der Waals surface area contributed by atoms with Gasteiger partial charge in [0.25, 0.3) is 5.91 Å². The summed E-state index contributed by atoms with van der Waals surface area (Å²) in [5.41, 5.74) is 2.11. The Hall–Kier alpha value is -3.84. The van der Waals surface area contributed by atoms with Crippen LogP contribution in [0.3, 0.4) is 0 Å². The normalized spacial score (nSPS) is 13.1. The summed E-state index contributed by atoms with van der Waals surface area (Å²) in [7, 11) is 0. The number of hydrogen-bond acceptors (Lipinski definition) is 4. The summed E-state index contributed by atoms with van der Waals surface area (Å²) < 4.78 is 5.52. The molecule has 3 aromatic carbocycles. The number of carbonyl (C=O) groups excluding carboxylic acids is 3. The molecule has 3 aromatic rings. The second kappa shape index (κ2) is 13.4. The van der Waals surface area contributed by atoms with E-state index in [1.807, 2.05) is 101 Å². The Morgan fingerprint density at radius 1 is 0.881 bits per heavy atom. The van der Waals surface area contributed by atoms with Crippen molar-refractivity contribution in [2.24, 2.45) is 0 Å². The van der Waals surface area contributed by atoms with Crippen LogP contribution in [0.25, 0.3) is 0 Å². The summed E-state index contributed by atoms with van der Waals surface area (Å²) in [5.74, 6) is -0.842. The number of anilines is 1. The van der Waals surface area contributed by atoms with Crippen LogP contribution in [0.15, 0.2) is 72.8 Å². The van der Waals surface area contributed by atoms with Crippen molar-refractivity contribution in [2.45, 2.75) is 85.0 Å². The van der Waals surface area contributed by atoms with Gasteiger partial charge in [-0.3, -0.25) is 9.59 Å². The molecule has 0 spiro atoms. The minimum atomic E-state index is -1.04. The number of ether oxygens (including phenoxy) is 1. The molecule has 0 fully saturated rings. The maximum absolute atomic E-state index is 14.6. The summed E-state index contributed by atoms with van der Waals surface area (Å²) in [5, 5.41) is 6.18. The minimum absolute atomic E-state index is 0.206. The van der Waals surface area contributed by atoms with Gasteiger partial charge in [-0.2, -0.15) is 0 Å². The number of alkyl carbamates (subject to hydrolysis) is 1. The van der Waals surface area contributed by atoms with Crippen LogP contribution < -0.4 is 10.6 Å². The zero-order valence-electron chi connectivity index (χ0n) is 25.7. The fourth-order valence-electron chi connectivity index (χ4n) is 4.75. The number of rotatable bonds is 8. The molecule has 2 unspecified atom stereocenters. The van der Waals surface area contributed by atoms with E-state index in [4.69, 9.17) is 16.3 Å². The molecule has 42 heavy (non-hydrogen) atoms. The molecule has 3 amide bonds. The van der Waals surface area contributed by atoms with Crippen LogP contribution in [-0.4, -0.2) is 40.0 Å². The highest BCUT2D eigenvalue weighted by molar-refractivity contribution is 6.34. The third kappa shape index (κ3) is 8.83. The number of benzene rings is 3. The fraction of sp³-hybridized carbons (Fsp3) is 0.382. The molecule has 7 nitrogen and oxygen atoms in total. The molecule has 0 aliphatic carbocycles. The molecular weight excluding hydrogens is 550 g/mol. The van der Waals surface area contributed by atoms with E-state index in [1.165, 1.54) is 0 Å². The Morgan fingerprint density at radius 3 is 2.10 bits per heavy atom. The van der Waals surface area contributed by atoms with Crippen molar-refractivity contribution in [2.75, 3.05) is 5.32 Å². The molecule has 0 saturated heterocycles. The molecule has 3 rings (SSSR count). The lowest BCUT2D eigenvalue weighted by atomic mass is 9.93. The molecule has 2 N–H and O–H groups in total. The van der Waals surface area contributed by atoms with Gasteiger partial charge >= 0.3 is 6.09 Å². The first-order valence-corrected chi connectivity index (χ1v) is 14.4. The van der Waals surface area contributed by atoms with Crippen molar-refractivity contribution < 1.29 is 19.1 Å². The van der Waals surface area contributed by atoms with Gasteiger partial charge in [0.1, 0.15) is 17.7 Å². The van der Waals surface area contributed by atoms with Gasteiger partial charge in [-0.25, -0.2) is 4.79 Å². The highest BCUT2D eigenvalue weighted by Crippen LogP contribution is 2.33. The van der Waals surface area contributed by atoms with Crippen molar-refractivity contribution in [3.8, 4) is 0 Å². The van der Waals surface area contributed by atoms with Gasteiger partial charge in [0.2, 0.25) is 5.91 Å². The number of para-hydroxylation sites is 1. The first-order valence-electron chi connectivity index (χ1n) is 14.1. The van der Waals surface area contributed by atoms with Crippen molar-refractivity contribution >= 4 is 35.2 Å². The van der Waals surface area contributed by atoms with Crippen LogP contribution in [-0.2, 0) is 20.7 Å². The smallest absolute Gasteiger partial charge is 0.408 e. The molecule has 0 radical (unpaired) electrons. The maximum Gasteiger partial charge on any atom is 0.408 e. The Bertz CT molecular complexity index is 1390. The molecule has 0 saturated carbocycles. The molecule has 0 aliphatic rings. The highest BCUT2D eigenvalue weighted by Gasteiger charge is 2.42. The number of nitrogens with one attached hydrogen (secondary N) is 2. The summed E-state index contributed by atoms with van der Waals surface area (Å²) in [6.45, 7) is 14.7. The van der Waals surface area contributed by atoms with E-state index in [0.717, 1.165) is 16.7 Å². The second-order valence-corrected chi connectivity index (χ2v) is 12.9. The Balaban J connectivity index is 2.13. The molecule has 8 heteroatoms. The molecule has 0 heterocycles. The third-order valence-electron chi connectivity index (χ3n) is 6.57. The third-order valence-corrected chi connectivity index (χ3v) is 6.88. The Morgan fingerprint density at radius 2 is 1.52 bits per heavy atom. The number of hydrogen-bond donors (Lipinski definition) is 2. The molecule has 0 aliphatic heterocycles. The van der Waals surface area contributed by atoms with Crippen molar-refractivity contribution in [1.29, 1.82) is 0 Å². The molecular formula is C34H42ClN3O4.